The normalized spacial score (nSPS) is 24.6. The van der Waals surface area contributed by atoms with Crippen molar-refractivity contribution in [3.8, 4) is 0 Å². The molecule has 94 valence electrons. The molecule has 0 saturated heterocycles. The Morgan fingerprint density at radius 3 is 3.00 bits per heavy atom. The first kappa shape index (κ1) is 12.6. The molecule has 0 radical (unpaired) electrons. The van der Waals surface area contributed by atoms with Crippen LogP contribution in [0, 0.1) is 0 Å². The summed E-state index contributed by atoms with van der Waals surface area (Å²) in [4.78, 5) is 13.0. The SMILES string of the molecule is CCc1ccsc1C(=O)N[C@@H]1CCCC[C@H]1N. The van der Waals surface area contributed by atoms with Gasteiger partial charge in [-0.2, -0.15) is 0 Å². The van der Waals surface area contributed by atoms with Crippen LogP contribution in [0.4, 0.5) is 0 Å². The van der Waals surface area contributed by atoms with Gasteiger partial charge in [0.05, 0.1) is 4.88 Å². The summed E-state index contributed by atoms with van der Waals surface area (Å²) in [5.74, 6) is 0.0548. The first-order valence-corrected chi connectivity index (χ1v) is 7.23. The maximum atomic E-state index is 12.1. The van der Waals surface area contributed by atoms with E-state index in [0.29, 0.717) is 0 Å². The van der Waals surface area contributed by atoms with Gasteiger partial charge in [-0.05, 0) is 36.3 Å². The predicted molar refractivity (Wildman–Crippen MR) is 71.4 cm³/mol. The molecule has 3 nitrogen and oxygen atoms in total. The molecule has 0 bridgehead atoms. The van der Waals surface area contributed by atoms with Crippen LogP contribution in [0.5, 0.6) is 0 Å². The average molecular weight is 252 g/mol. The maximum Gasteiger partial charge on any atom is 0.261 e. The van der Waals surface area contributed by atoms with Crippen molar-refractivity contribution in [2.75, 3.05) is 0 Å². The van der Waals surface area contributed by atoms with E-state index in [0.717, 1.165) is 29.7 Å². The van der Waals surface area contributed by atoms with Crippen molar-refractivity contribution >= 4 is 17.2 Å². The molecular formula is C13H20N2OS. The van der Waals surface area contributed by atoms with Crippen LogP contribution in [0.15, 0.2) is 11.4 Å². The Bertz CT molecular complexity index is 389. The second-order valence-corrected chi connectivity index (χ2v) is 5.57. The van der Waals surface area contributed by atoms with Crippen molar-refractivity contribution in [3.63, 3.8) is 0 Å². The fraction of sp³-hybridized carbons (Fsp3) is 0.615. The van der Waals surface area contributed by atoms with E-state index in [1.54, 1.807) is 0 Å². The molecule has 1 fully saturated rings. The highest BCUT2D eigenvalue weighted by molar-refractivity contribution is 7.12. The summed E-state index contributed by atoms with van der Waals surface area (Å²) < 4.78 is 0. The second-order valence-electron chi connectivity index (χ2n) is 4.66. The van der Waals surface area contributed by atoms with Gasteiger partial charge in [0.25, 0.3) is 5.91 Å². The predicted octanol–water partition coefficient (Wildman–Crippen LogP) is 2.31. The highest BCUT2D eigenvalue weighted by atomic mass is 32.1. The Hall–Kier alpha value is -0.870. The molecule has 2 atom stereocenters. The van der Waals surface area contributed by atoms with E-state index >= 15 is 0 Å². The summed E-state index contributed by atoms with van der Waals surface area (Å²) in [6.45, 7) is 2.07. The van der Waals surface area contributed by atoms with E-state index < -0.39 is 0 Å². The fourth-order valence-corrected chi connectivity index (χ4v) is 3.28. The first-order chi connectivity index (χ1) is 8.22. The molecule has 1 amide bonds. The number of hydrogen-bond donors (Lipinski definition) is 2. The molecule has 1 aromatic heterocycles. The summed E-state index contributed by atoms with van der Waals surface area (Å²) in [6.07, 6.45) is 5.30. The third kappa shape index (κ3) is 2.87. The topological polar surface area (TPSA) is 55.1 Å². The fourth-order valence-electron chi connectivity index (χ4n) is 2.39. The Morgan fingerprint density at radius 2 is 2.29 bits per heavy atom. The number of hydrogen-bond acceptors (Lipinski definition) is 3. The molecule has 0 spiro atoms. The van der Waals surface area contributed by atoms with Crippen molar-refractivity contribution < 1.29 is 4.79 Å². The molecule has 0 unspecified atom stereocenters. The molecule has 2 rings (SSSR count). The van der Waals surface area contributed by atoms with Gasteiger partial charge in [0.1, 0.15) is 0 Å². The third-order valence-electron chi connectivity index (χ3n) is 3.47. The average Bonchev–Trinajstić information content (AvgIpc) is 2.80. The zero-order valence-corrected chi connectivity index (χ0v) is 11.1. The van der Waals surface area contributed by atoms with Crippen LogP contribution in [0.1, 0.15) is 47.8 Å². The molecule has 1 aliphatic rings. The number of nitrogens with one attached hydrogen (secondary N) is 1. The highest BCUT2D eigenvalue weighted by Gasteiger charge is 2.24. The zero-order valence-electron chi connectivity index (χ0n) is 10.2. The number of carbonyl (C=O) groups excluding carboxylic acids is 1. The van der Waals surface area contributed by atoms with E-state index in [2.05, 4.69) is 12.2 Å². The van der Waals surface area contributed by atoms with Gasteiger partial charge in [-0.25, -0.2) is 0 Å². The molecule has 1 aromatic rings. The van der Waals surface area contributed by atoms with Crippen molar-refractivity contribution in [1.82, 2.24) is 5.32 Å². The number of thiophene rings is 1. The van der Waals surface area contributed by atoms with Gasteiger partial charge < -0.3 is 11.1 Å². The minimum absolute atomic E-state index is 0.0548. The van der Waals surface area contributed by atoms with E-state index in [1.165, 1.54) is 24.2 Å². The van der Waals surface area contributed by atoms with Crippen LogP contribution in [0.3, 0.4) is 0 Å². The number of aryl methyl sites for hydroxylation is 1. The van der Waals surface area contributed by atoms with Gasteiger partial charge in [0, 0.05) is 12.1 Å². The molecule has 1 heterocycles. The van der Waals surface area contributed by atoms with E-state index in [-0.39, 0.29) is 18.0 Å². The van der Waals surface area contributed by atoms with E-state index in [1.807, 2.05) is 11.4 Å². The smallest absolute Gasteiger partial charge is 0.261 e. The Labute approximate surface area is 106 Å². The lowest BCUT2D eigenvalue weighted by Gasteiger charge is -2.29. The van der Waals surface area contributed by atoms with Crippen molar-refractivity contribution in [2.24, 2.45) is 5.73 Å². The number of amides is 1. The first-order valence-electron chi connectivity index (χ1n) is 6.35. The Kier molecular flexibility index (Phi) is 4.18. The molecule has 0 aromatic carbocycles. The maximum absolute atomic E-state index is 12.1. The lowest BCUT2D eigenvalue weighted by Crippen LogP contribution is -2.49. The molecule has 0 aliphatic heterocycles. The van der Waals surface area contributed by atoms with Gasteiger partial charge >= 0.3 is 0 Å². The largest absolute Gasteiger partial charge is 0.347 e. The lowest BCUT2D eigenvalue weighted by molar-refractivity contribution is 0.0924. The molecule has 1 aliphatic carbocycles. The molecule has 4 heteroatoms. The van der Waals surface area contributed by atoms with Gasteiger partial charge in [0.2, 0.25) is 0 Å². The number of carbonyl (C=O) groups is 1. The van der Waals surface area contributed by atoms with Crippen molar-refractivity contribution in [3.05, 3.63) is 21.9 Å². The summed E-state index contributed by atoms with van der Waals surface area (Å²) >= 11 is 1.52. The second kappa shape index (κ2) is 5.65. The van der Waals surface area contributed by atoms with Crippen molar-refractivity contribution in [1.29, 1.82) is 0 Å². The van der Waals surface area contributed by atoms with Crippen molar-refractivity contribution in [2.45, 2.75) is 51.1 Å². The van der Waals surface area contributed by atoms with E-state index in [9.17, 15) is 4.79 Å². The van der Waals surface area contributed by atoms with Crippen LogP contribution in [0.25, 0.3) is 0 Å². The molecule has 3 N–H and O–H groups in total. The Balaban J connectivity index is 2.01. The van der Waals surface area contributed by atoms with Crippen LogP contribution >= 0.6 is 11.3 Å². The third-order valence-corrected chi connectivity index (χ3v) is 4.43. The monoisotopic (exact) mass is 252 g/mol. The summed E-state index contributed by atoms with van der Waals surface area (Å²) in [7, 11) is 0. The summed E-state index contributed by atoms with van der Waals surface area (Å²) in [6, 6.07) is 2.31. The van der Waals surface area contributed by atoms with Gasteiger partial charge in [-0.1, -0.05) is 19.8 Å². The van der Waals surface area contributed by atoms with Crippen LogP contribution in [-0.4, -0.2) is 18.0 Å². The minimum Gasteiger partial charge on any atom is -0.347 e. The summed E-state index contributed by atoms with van der Waals surface area (Å²) in [5.41, 5.74) is 7.18. The number of nitrogens with two attached hydrogens (primary N) is 1. The highest BCUT2D eigenvalue weighted by Crippen LogP contribution is 2.20. The van der Waals surface area contributed by atoms with Gasteiger partial charge in [-0.3, -0.25) is 4.79 Å². The minimum atomic E-state index is 0.0548. The van der Waals surface area contributed by atoms with Crippen LogP contribution in [0.2, 0.25) is 0 Å². The van der Waals surface area contributed by atoms with Gasteiger partial charge in [0.15, 0.2) is 0 Å². The zero-order chi connectivity index (χ0) is 12.3. The molecule has 1 saturated carbocycles. The molecular weight excluding hydrogens is 232 g/mol. The van der Waals surface area contributed by atoms with E-state index in [4.69, 9.17) is 5.73 Å². The van der Waals surface area contributed by atoms with Gasteiger partial charge in [-0.15, -0.1) is 11.3 Å². The molecule has 17 heavy (non-hydrogen) atoms. The standard InChI is InChI=1S/C13H20N2OS/c1-2-9-7-8-17-12(9)13(16)15-11-6-4-3-5-10(11)14/h7-8,10-11H,2-6,14H2,1H3,(H,15,16)/t10-,11-/m1/s1. The lowest BCUT2D eigenvalue weighted by atomic mass is 9.91. The summed E-state index contributed by atoms with van der Waals surface area (Å²) in [5, 5.41) is 5.07. The quantitative estimate of drug-likeness (QED) is 0.867. The Morgan fingerprint density at radius 1 is 1.53 bits per heavy atom. The van der Waals surface area contributed by atoms with Crippen LogP contribution < -0.4 is 11.1 Å². The number of rotatable bonds is 3. The van der Waals surface area contributed by atoms with Crippen LogP contribution in [-0.2, 0) is 6.42 Å².